The lowest BCUT2D eigenvalue weighted by Gasteiger charge is -2.09. The highest BCUT2D eigenvalue weighted by atomic mass is 35.5. The van der Waals surface area contributed by atoms with Crippen molar-refractivity contribution in [1.82, 2.24) is 14.9 Å². The van der Waals surface area contributed by atoms with E-state index < -0.39 is 0 Å². The third-order valence-corrected chi connectivity index (χ3v) is 2.27. The van der Waals surface area contributed by atoms with E-state index >= 15 is 0 Å². The van der Waals surface area contributed by atoms with Crippen molar-refractivity contribution in [3.63, 3.8) is 0 Å². The van der Waals surface area contributed by atoms with Crippen molar-refractivity contribution in [3.05, 3.63) is 17.5 Å². The molecule has 1 aromatic heterocycles. The minimum atomic E-state index is 0.574. The summed E-state index contributed by atoms with van der Waals surface area (Å²) in [6.07, 6.45) is 5.37. The van der Waals surface area contributed by atoms with Crippen LogP contribution in [0, 0.1) is 0 Å². The Bertz CT molecular complexity index is 291. The van der Waals surface area contributed by atoms with Gasteiger partial charge >= 0.3 is 0 Å². The second-order valence-electron chi connectivity index (χ2n) is 3.66. The van der Waals surface area contributed by atoms with Gasteiger partial charge < -0.3 is 10.2 Å². The Morgan fingerprint density at radius 3 is 2.87 bits per heavy atom. The van der Waals surface area contributed by atoms with Gasteiger partial charge in [0.25, 0.3) is 0 Å². The van der Waals surface area contributed by atoms with Gasteiger partial charge in [-0.3, -0.25) is 0 Å². The van der Waals surface area contributed by atoms with E-state index in [-0.39, 0.29) is 0 Å². The van der Waals surface area contributed by atoms with Gasteiger partial charge in [0.15, 0.2) is 0 Å². The molecule has 1 rings (SSSR count). The summed E-state index contributed by atoms with van der Waals surface area (Å²) in [4.78, 5) is 10.0. The van der Waals surface area contributed by atoms with Crippen LogP contribution in [0.3, 0.4) is 0 Å². The molecule has 1 aromatic rings. The van der Waals surface area contributed by atoms with Gasteiger partial charge in [-0.1, -0.05) is 11.6 Å². The second-order valence-corrected chi connectivity index (χ2v) is 4.06. The molecule has 0 aliphatic carbocycles. The molecule has 0 saturated carbocycles. The third-order valence-electron chi connectivity index (χ3n) is 1.99. The molecule has 0 spiro atoms. The van der Waals surface area contributed by atoms with E-state index in [1.165, 1.54) is 12.7 Å². The van der Waals surface area contributed by atoms with Crippen LogP contribution in [0.25, 0.3) is 0 Å². The van der Waals surface area contributed by atoms with Crippen LogP contribution in [0.4, 0.5) is 5.82 Å². The normalized spacial score (nSPS) is 10.7. The van der Waals surface area contributed by atoms with Gasteiger partial charge in [0.1, 0.15) is 17.2 Å². The number of aromatic nitrogens is 2. The molecule has 0 aromatic carbocycles. The van der Waals surface area contributed by atoms with Gasteiger partial charge in [-0.25, -0.2) is 9.97 Å². The van der Waals surface area contributed by atoms with Gasteiger partial charge in [-0.2, -0.15) is 0 Å². The molecule has 4 nitrogen and oxygen atoms in total. The maximum Gasteiger partial charge on any atom is 0.148 e. The molecule has 0 saturated heterocycles. The van der Waals surface area contributed by atoms with Crippen LogP contribution in [-0.4, -0.2) is 42.1 Å². The molecule has 0 atom stereocenters. The van der Waals surface area contributed by atoms with Crippen LogP contribution < -0.4 is 5.32 Å². The first-order valence-corrected chi connectivity index (χ1v) is 5.42. The molecule has 5 heteroatoms. The number of hydrogen-bond acceptors (Lipinski definition) is 4. The molecule has 0 bridgehead atoms. The number of anilines is 1. The van der Waals surface area contributed by atoms with Crippen molar-refractivity contribution in [2.24, 2.45) is 0 Å². The summed E-state index contributed by atoms with van der Waals surface area (Å²) in [5.41, 5.74) is 0. The summed E-state index contributed by atoms with van der Waals surface area (Å²) in [6, 6.07) is 0. The second kappa shape index (κ2) is 6.58. The molecule has 0 radical (unpaired) electrons. The van der Waals surface area contributed by atoms with Crippen LogP contribution in [-0.2, 0) is 0 Å². The van der Waals surface area contributed by atoms with E-state index in [0.717, 1.165) is 25.3 Å². The number of hydrogen-bond donors (Lipinski definition) is 1. The summed E-state index contributed by atoms with van der Waals surface area (Å²) in [7, 11) is 4.16. The fourth-order valence-corrected chi connectivity index (χ4v) is 1.37. The van der Waals surface area contributed by atoms with E-state index in [0.29, 0.717) is 5.02 Å². The minimum Gasteiger partial charge on any atom is -0.369 e. The Balaban J connectivity index is 2.18. The highest BCUT2D eigenvalue weighted by Gasteiger charge is 1.99. The summed E-state index contributed by atoms with van der Waals surface area (Å²) >= 11 is 5.89. The number of halogens is 1. The van der Waals surface area contributed by atoms with Gasteiger partial charge in [-0.15, -0.1) is 0 Å². The van der Waals surface area contributed by atoms with Crippen LogP contribution in [0.15, 0.2) is 12.5 Å². The fraction of sp³-hybridized carbons (Fsp3) is 0.600. The quantitative estimate of drug-likeness (QED) is 0.755. The van der Waals surface area contributed by atoms with Crippen LogP contribution in [0.5, 0.6) is 0 Å². The highest BCUT2D eigenvalue weighted by molar-refractivity contribution is 6.32. The van der Waals surface area contributed by atoms with Gasteiger partial charge in [0.05, 0.1) is 6.20 Å². The molecule has 84 valence electrons. The Morgan fingerprint density at radius 2 is 2.20 bits per heavy atom. The van der Waals surface area contributed by atoms with E-state index in [1.54, 1.807) is 6.20 Å². The van der Waals surface area contributed by atoms with E-state index in [9.17, 15) is 0 Å². The van der Waals surface area contributed by atoms with Crippen molar-refractivity contribution in [2.45, 2.75) is 12.8 Å². The average Bonchev–Trinajstić information content (AvgIpc) is 2.20. The largest absolute Gasteiger partial charge is 0.369 e. The zero-order chi connectivity index (χ0) is 11.1. The number of rotatable bonds is 6. The summed E-state index contributed by atoms with van der Waals surface area (Å²) in [6.45, 7) is 2.00. The molecule has 0 amide bonds. The van der Waals surface area contributed by atoms with Crippen LogP contribution >= 0.6 is 11.6 Å². The molecule has 15 heavy (non-hydrogen) atoms. The van der Waals surface area contributed by atoms with Crippen molar-refractivity contribution >= 4 is 17.4 Å². The van der Waals surface area contributed by atoms with Crippen molar-refractivity contribution < 1.29 is 0 Å². The Kier molecular flexibility index (Phi) is 5.36. The first-order chi connectivity index (χ1) is 7.20. The van der Waals surface area contributed by atoms with E-state index in [1.807, 2.05) is 0 Å². The Morgan fingerprint density at radius 1 is 1.40 bits per heavy atom. The predicted molar refractivity (Wildman–Crippen MR) is 63.3 cm³/mol. The third kappa shape index (κ3) is 4.95. The smallest absolute Gasteiger partial charge is 0.148 e. The molecule has 0 aliphatic heterocycles. The first kappa shape index (κ1) is 12.2. The van der Waals surface area contributed by atoms with Crippen LogP contribution in [0.1, 0.15) is 12.8 Å². The predicted octanol–water partition coefficient (Wildman–Crippen LogP) is 1.88. The molecular weight excluding hydrogens is 212 g/mol. The van der Waals surface area contributed by atoms with Crippen molar-refractivity contribution in [2.75, 3.05) is 32.5 Å². The Labute approximate surface area is 95.7 Å². The molecular formula is C10H17ClN4. The fourth-order valence-electron chi connectivity index (χ4n) is 1.20. The summed E-state index contributed by atoms with van der Waals surface area (Å²) in [5.74, 6) is 0.719. The maximum atomic E-state index is 5.89. The first-order valence-electron chi connectivity index (χ1n) is 5.04. The molecule has 0 aliphatic rings. The topological polar surface area (TPSA) is 41.0 Å². The lowest BCUT2D eigenvalue weighted by atomic mass is 10.3. The average molecular weight is 229 g/mol. The lowest BCUT2D eigenvalue weighted by Crippen LogP contribution is -2.14. The van der Waals surface area contributed by atoms with Gasteiger partial charge in [-0.05, 0) is 33.5 Å². The van der Waals surface area contributed by atoms with E-state index in [4.69, 9.17) is 11.6 Å². The molecule has 1 heterocycles. The van der Waals surface area contributed by atoms with Gasteiger partial charge in [0.2, 0.25) is 0 Å². The zero-order valence-corrected chi connectivity index (χ0v) is 9.96. The molecule has 0 fully saturated rings. The number of unbranched alkanes of at least 4 members (excludes halogenated alkanes) is 1. The SMILES string of the molecule is CN(C)CCCCNc1ncncc1Cl. The Hall–Kier alpha value is -0.870. The van der Waals surface area contributed by atoms with Crippen molar-refractivity contribution in [1.29, 1.82) is 0 Å². The van der Waals surface area contributed by atoms with Crippen LogP contribution in [0.2, 0.25) is 5.02 Å². The minimum absolute atomic E-state index is 0.574. The van der Waals surface area contributed by atoms with Crippen molar-refractivity contribution in [3.8, 4) is 0 Å². The maximum absolute atomic E-state index is 5.89. The highest BCUT2D eigenvalue weighted by Crippen LogP contribution is 2.15. The number of nitrogens with one attached hydrogen (secondary N) is 1. The monoisotopic (exact) mass is 228 g/mol. The van der Waals surface area contributed by atoms with Gasteiger partial charge in [0, 0.05) is 6.54 Å². The molecule has 0 unspecified atom stereocenters. The number of nitrogens with zero attached hydrogens (tertiary/aromatic N) is 3. The standard InChI is InChI=1S/C10H17ClN4/c1-15(2)6-4-3-5-13-10-9(11)7-12-8-14-10/h7-8H,3-6H2,1-2H3,(H,12,13,14). The summed E-state index contributed by atoms with van der Waals surface area (Å²) in [5, 5.41) is 3.76. The zero-order valence-electron chi connectivity index (χ0n) is 9.20. The van der Waals surface area contributed by atoms with E-state index in [2.05, 4.69) is 34.3 Å². The molecule has 1 N–H and O–H groups in total. The summed E-state index contributed by atoms with van der Waals surface area (Å²) < 4.78 is 0. The lowest BCUT2D eigenvalue weighted by molar-refractivity contribution is 0.396.